The van der Waals surface area contributed by atoms with Crippen molar-refractivity contribution in [1.82, 2.24) is 5.32 Å². The topological polar surface area (TPSA) is 99.0 Å². The summed E-state index contributed by atoms with van der Waals surface area (Å²) >= 11 is 0. The molecule has 0 saturated carbocycles. The molecule has 0 spiro atoms. The average molecular weight is 174 g/mol. The van der Waals surface area contributed by atoms with Crippen LogP contribution >= 0.6 is 0 Å². The SMILES string of the molecule is CC=NC(=O)NC(=O)C(O)CO. The Kier molecular flexibility index (Phi) is 4.82. The van der Waals surface area contributed by atoms with Gasteiger partial charge in [0.05, 0.1) is 6.61 Å². The lowest BCUT2D eigenvalue weighted by Gasteiger charge is -2.04. The van der Waals surface area contributed by atoms with E-state index in [0.717, 1.165) is 0 Å². The Morgan fingerprint density at radius 1 is 1.67 bits per heavy atom. The lowest BCUT2D eigenvalue weighted by molar-refractivity contribution is -0.129. The second-order valence-corrected chi connectivity index (χ2v) is 1.88. The minimum absolute atomic E-state index is 0.727. The molecule has 0 aromatic heterocycles. The zero-order valence-electron chi connectivity index (χ0n) is 6.52. The molecule has 12 heavy (non-hydrogen) atoms. The van der Waals surface area contributed by atoms with Crippen molar-refractivity contribution in [2.75, 3.05) is 6.61 Å². The fourth-order valence-electron chi connectivity index (χ4n) is 0.421. The summed E-state index contributed by atoms with van der Waals surface area (Å²) < 4.78 is 0. The van der Waals surface area contributed by atoms with Crippen molar-refractivity contribution in [1.29, 1.82) is 0 Å². The van der Waals surface area contributed by atoms with Crippen molar-refractivity contribution in [2.24, 2.45) is 4.99 Å². The Labute approximate surface area is 68.9 Å². The van der Waals surface area contributed by atoms with Crippen LogP contribution in [0.1, 0.15) is 6.92 Å². The summed E-state index contributed by atoms with van der Waals surface area (Å²) in [7, 11) is 0. The summed E-state index contributed by atoms with van der Waals surface area (Å²) in [5.74, 6) is -0.965. The van der Waals surface area contributed by atoms with E-state index in [9.17, 15) is 9.59 Å². The van der Waals surface area contributed by atoms with Crippen LogP contribution in [0.15, 0.2) is 4.99 Å². The number of urea groups is 1. The van der Waals surface area contributed by atoms with Gasteiger partial charge in [-0.25, -0.2) is 9.79 Å². The molecule has 0 aliphatic carbocycles. The minimum atomic E-state index is -1.58. The Morgan fingerprint density at radius 3 is 2.67 bits per heavy atom. The molecule has 0 radical (unpaired) electrons. The van der Waals surface area contributed by atoms with E-state index in [0.29, 0.717) is 0 Å². The number of aliphatic hydroxyl groups is 2. The number of aliphatic hydroxyl groups excluding tert-OH is 2. The monoisotopic (exact) mass is 174 g/mol. The van der Waals surface area contributed by atoms with E-state index in [-0.39, 0.29) is 0 Å². The number of rotatable bonds is 2. The number of hydrogen-bond acceptors (Lipinski definition) is 4. The van der Waals surface area contributed by atoms with Crippen LogP contribution in [0.3, 0.4) is 0 Å². The van der Waals surface area contributed by atoms with Gasteiger partial charge < -0.3 is 10.2 Å². The van der Waals surface area contributed by atoms with Gasteiger partial charge in [-0.3, -0.25) is 10.1 Å². The molecule has 0 aliphatic rings. The minimum Gasteiger partial charge on any atom is -0.393 e. The number of amides is 3. The molecule has 0 saturated heterocycles. The molecule has 3 amide bonds. The van der Waals surface area contributed by atoms with Crippen LogP contribution in [0.25, 0.3) is 0 Å². The van der Waals surface area contributed by atoms with Gasteiger partial charge >= 0.3 is 6.03 Å². The van der Waals surface area contributed by atoms with Gasteiger partial charge in [0.2, 0.25) is 0 Å². The number of carbonyl (C=O) groups excluding carboxylic acids is 2. The van der Waals surface area contributed by atoms with Gasteiger partial charge in [-0.2, -0.15) is 0 Å². The zero-order chi connectivity index (χ0) is 9.56. The van der Waals surface area contributed by atoms with Crippen molar-refractivity contribution < 1.29 is 19.8 Å². The third kappa shape index (κ3) is 3.79. The van der Waals surface area contributed by atoms with Gasteiger partial charge in [0.15, 0.2) is 6.10 Å². The summed E-state index contributed by atoms with van der Waals surface area (Å²) in [6, 6.07) is -0.866. The lowest BCUT2D eigenvalue weighted by Crippen LogP contribution is -2.39. The van der Waals surface area contributed by atoms with Gasteiger partial charge in [-0.1, -0.05) is 0 Å². The molecule has 0 aliphatic heterocycles. The number of nitrogens with one attached hydrogen (secondary N) is 1. The van der Waals surface area contributed by atoms with E-state index in [4.69, 9.17) is 10.2 Å². The molecule has 0 aromatic carbocycles. The first-order valence-electron chi connectivity index (χ1n) is 3.24. The molecule has 3 N–H and O–H groups in total. The molecular formula is C6H10N2O4. The second-order valence-electron chi connectivity index (χ2n) is 1.88. The maximum absolute atomic E-state index is 10.6. The highest BCUT2D eigenvalue weighted by molar-refractivity contribution is 5.98. The zero-order valence-corrected chi connectivity index (χ0v) is 6.52. The fourth-order valence-corrected chi connectivity index (χ4v) is 0.421. The maximum atomic E-state index is 10.6. The van der Waals surface area contributed by atoms with E-state index < -0.39 is 24.6 Å². The predicted molar refractivity (Wildman–Crippen MR) is 40.8 cm³/mol. The Hall–Kier alpha value is -1.27. The van der Waals surface area contributed by atoms with Crippen LogP contribution in [0.2, 0.25) is 0 Å². The maximum Gasteiger partial charge on any atom is 0.347 e. The van der Waals surface area contributed by atoms with Gasteiger partial charge in [0, 0.05) is 6.21 Å². The third-order valence-corrected chi connectivity index (χ3v) is 0.952. The van der Waals surface area contributed by atoms with E-state index >= 15 is 0 Å². The Balaban J connectivity index is 3.92. The number of hydrogen-bond donors (Lipinski definition) is 3. The fraction of sp³-hybridized carbons (Fsp3) is 0.500. The molecule has 0 fully saturated rings. The van der Waals surface area contributed by atoms with E-state index in [1.54, 1.807) is 5.32 Å². The van der Waals surface area contributed by atoms with E-state index in [1.165, 1.54) is 13.1 Å². The quantitative estimate of drug-likeness (QED) is 0.451. The van der Waals surface area contributed by atoms with Crippen molar-refractivity contribution in [2.45, 2.75) is 13.0 Å². The normalized spacial score (nSPS) is 12.9. The predicted octanol–water partition coefficient (Wildman–Crippen LogP) is -1.33. The second kappa shape index (κ2) is 5.39. The first kappa shape index (κ1) is 10.7. The van der Waals surface area contributed by atoms with Crippen molar-refractivity contribution in [3.63, 3.8) is 0 Å². The van der Waals surface area contributed by atoms with Crippen molar-refractivity contribution >= 4 is 18.2 Å². The number of imide groups is 1. The van der Waals surface area contributed by atoms with Crippen molar-refractivity contribution in [3.05, 3.63) is 0 Å². The van der Waals surface area contributed by atoms with E-state index in [2.05, 4.69) is 4.99 Å². The van der Waals surface area contributed by atoms with Gasteiger partial charge in [0.25, 0.3) is 5.91 Å². The average Bonchev–Trinajstić information content (AvgIpc) is 2.03. The standard InChI is InChI=1S/C6H10N2O4/c1-2-7-6(12)8-5(11)4(10)3-9/h2,4,9-10H,3H2,1H3,(H,8,11,12). The van der Waals surface area contributed by atoms with Gasteiger partial charge in [-0.15, -0.1) is 0 Å². The summed E-state index contributed by atoms with van der Waals surface area (Å²) in [6.07, 6.45) is -0.380. The van der Waals surface area contributed by atoms with Crippen LogP contribution in [-0.4, -0.2) is 41.1 Å². The highest BCUT2D eigenvalue weighted by Gasteiger charge is 2.15. The van der Waals surface area contributed by atoms with Crippen LogP contribution in [0, 0.1) is 0 Å². The molecule has 0 bridgehead atoms. The van der Waals surface area contributed by atoms with Gasteiger partial charge in [-0.05, 0) is 6.92 Å². The highest BCUT2D eigenvalue weighted by Crippen LogP contribution is 1.81. The summed E-state index contributed by atoms with van der Waals surface area (Å²) in [6.45, 7) is 0.779. The molecule has 0 rings (SSSR count). The lowest BCUT2D eigenvalue weighted by atomic mass is 10.3. The van der Waals surface area contributed by atoms with Crippen LogP contribution < -0.4 is 5.32 Å². The highest BCUT2D eigenvalue weighted by atomic mass is 16.3. The van der Waals surface area contributed by atoms with E-state index in [1.807, 2.05) is 0 Å². The van der Waals surface area contributed by atoms with Crippen LogP contribution in [-0.2, 0) is 4.79 Å². The van der Waals surface area contributed by atoms with Crippen LogP contribution in [0.4, 0.5) is 4.79 Å². The number of carbonyl (C=O) groups is 2. The largest absolute Gasteiger partial charge is 0.393 e. The summed E-state index contributed by atoms with van der Waals surface area (Å²) in [5.41, 5.74) is 0. The van der Waals surface area contributed by atoms with Crippen molar-refractivity contribution in [3.8, 4) is 0 Å². The Bertz CT molecular complexity index is 202. The molecule has 68 valence electrons. The molecule has 1 unspecified atom stereocenters. The molecule has 0 heterocycles. The number of nitrogens with zero attached hydrogens (tertiary/aromatic N) is 1. The molecule has 1 atom stereocenters. The number of aliphatic imine (C=N–C) groups is 1. The Morgan fingerprint density at radius 2 is 2.25 bits per heavy atom. The third-order valence-electron chi connectivity index (χ3n) is 0.952. The van der Waals surface area contributed by atoms with Crippen LogP contribution in [0.5, 0.6) is 0 Å². The molecule has 0 aromatic rings. The molecule has 6 nitrogen and oxygen atoms in total. The first-order chi connectivity index (χ1) is 5.61. The molecule has 6 heteroatoms. The van der Waals surface area contributed by atoms with Gasteiger partial charge in [0.1, 0.15) is 0 Å². The first-order valence-corrected chi connectivity index (χ1v) is 3.24. The smallest absolute Gasteiger partial charge is 0.347 e. The summed E-state index contributed by atoms with van der Waals surface area (Å²) in [4.78, 5) is 24.4. The summed E-state index contributed by atoms with van der Waals surface area (Å²) in [5, 5.41) is 18.7. The molecular weight excluding hydrogens is 164 g/mol.